The molecule has 18 nitrogen and oxygen atoms in total. The number of halogens is 1. The van der Waals surface area contributed by atoms with E-state index in [1.54, 1.807) is 36.4 Å². The molecule has 0 aromatic heterocycles. The van der Waals surface area contributed by atoms with E-state index in [2.05, 4.69) is 31.9 Å². The highest BCUT2D eigenvalue weighted by Crippen LogP contribution is 2.34. The fourth-order valence-corrected chi connectivity index (χ4v) is 7.02. The predicted molar refractivity (Wildman–Crippen MR) is 259 cm³/mol. The van der Waals surface area contributed by atoms with Crippen molar-refractivity contribution in [3.63, 3.8) is 0 Å². The molecular formula is C46H71ClN12O6. The zero-order valence-corrected chi connectivity index (χ0v) is 38.1. The highest BCUT2D eigenvalue weighted by Gasteiger charge is 2.24. The minimum absolute atomic E-state index is 0. The molecule has 19 heteroatoms. The number of benzene rings is 3. The SMILES string of the molecule is Cl.NCCCC[C@@H](NC(=O)CCN)C(=O)Nc1ccc(C(c2ccc(NC(=O)[C@@H](CCCCN)NC(=O)CCN)cc2)c2ccc(NC(=O)[C@@H](CCCCN)NC(=O)CCN)cc2)cc1. The van der Waals surface area contributed by atoms with E-state index < -0.39 is 18.1 Å². The third-order valence-corrected chi connectivity index (χ3v) is 10.4. The van der Waals surface area contributed by atoms with Crippen molar-refractivity contribution in [1.29, 1.82) is 0 Å². The van der Waals surface area contributed by atoms with Gasteiger partial charge in [-0.3, -0.25) is 28.8 Å². The van der Waals surface area contributed by atoms with Crippen LogP contribution in [0, 0.1) is 0 Å². The number of nitrogens with two attached hydrogens (primary N) is 6. The first kappa shape index (κ1) is 55.7. The fraction of sp³-hybridized carbons (Fsp3) is 0.478. The van der Waals surface area contributed by atoms with Crippen molar-refractivity contribution >= 4 is 64.9 Å². The molecule has 3 atom stereocenters. The highest BCUT2D eigenvalue weighted by atomic mass is 35.5. The van der Waals surface area contributed by atoms with Crippen LogP contribution >= 0.6 is 12.4 Å². The zero-order valence-electron chi connectivity index (χ0n) is 37.3. The third kappa shape index (κ3) is 20.1. The Balaban J connectivity index is 0.0000145. The van der Waals surface area contributed by atoms with Gasteiger partial charge in [0.1, 0.15) is 18.1 Å². The number of hydrogen-bond donors (Lipinski definition) is 12. The third-order valence-electron chi connectivity index (χ3n) is 10.4. The standard InChI is InChI=1S/C46H70N12O6.ClH/c47-25-4-1-7-37(56-40(59)22-28-50)44(62)53-34-16-10-31(11-17-34)43(32-12-18-35(19-13-32)54-45(63)38(8-2-5-26-48)57-41(60)23-29-51)33-14-20-36(21-15-33)55-46(64)39(9-3-6-27-49)58-42(61)24-30-52;/h10-21,37-39,43H,1-9,22-30,47-52H2,(H,53,62)(H,54,63)(H,55,64)(H,56,59)(H,57,60)(H,58,61);1H/t37-,38-,39-;/m1./s1. The maximum absolute atomic E-state index is 13.4. The van der Waals surface area contributed by atoms with E-state index in [1.165, 1.54) is 0 Å². The lowest BCUT2D eigenvalue weighted by molar-refractivity contribution is -0.126. The summed E-state index contributed by atoms with van der Waals surface area (Å²) in [7, 11) is 0. The van der Waals surface area contributed by atoms with Gasteiger partial charge in [0.05, 0.1) is 0 Å². The van der Waals surface area contributed by atoms with Gasteiger partial charge in [0.25, 0.3) is 0 Å². The second kappa shape index (κ2) is 31.4. The van der Waals surface area contributed by atoms with Crippen LogP contribution in [-0.2, 0) is 28.8 Å². The molecule has 18 N–H and O–H groups in total. The molecule has 0 heterocycles. The van der Waals surface area contributed by atoms with E-state index in [0.717, 1.165) is 16.7 Å². The summed E-state index contributed by atoms with van der Waals surface area (Å²) in [4.78, 5) is 77.3. The lowest BCUT2D eigenvalue weighted by Gasteiger charge is -2.22. The molecule has 0 radical (unpaired) electrons. The predicted octanol–water partition coefficient (Wildman–Crippen LogP) is 1.99. The molecule has 0 unspecified atom stereocenters. The molecule has 0 bridgehead atoms. The first-order chi connectivity index (χ1) is 31.0. The molecule has 0 aliphatic heterocycles. The van der Waals surface area contributed by atoms with Crippen LogP contribution in [0.1, 0.15) is 99.7 Å². The van der Waals surface area contributed by atoms with Crippen molar-refractivity contribution in [3.8, 4) is 0 Å². The normalized spacial score (nSPS) is 12.2. The Morgan fingerprint density at radius 2 is 0.615 bits per heavy atom. The molecular weight excluding hydrogens is 852 g/mol. The number of hydrogen-bond acceptors (Lipinski definition) is 12. The first-order valence-corrected chi connectivity index (χ1v) is 22.3. The highest BCUT2D eigenvalue weighted by molar-refractivity contribution is 5.99. The molecule has 358 valence electrons. The number of amides is 6. The molecule has 3 aromatic rings. The van der Waals surface area contributed by atoms with Crippen molar-refractivity contribution in [2.75, 3.05) is 55.2 Å². The fourth-order valence-electron chi connectivity index (χ4n) is 7.02. The van der Waals surface area contributed by atoms with E-state index >= 15 is 0 Å². The molecule has 0 fully saturated rings. The average molecular weight is 924 g/mol. The van der Waals surface area contributed by atoms with Crippen molar-refractivity contribution < 1.29 is 28.8 Å². The van der Waals surface area contributed by atoms with Crippen LogP contribution in [0.15, 0.2) is 72.8 Å². The van der Waals surface area contributed by atoms with E-state index in [-0.39, 0.29) is 92.7 Å². The van der Waals surface area contributed by atoms with Crippen molar-refractivity contribution in [2.45, 2.75) is 101 Å². The molecule has 0 aliphatic rings. The molecule has 3 aromatic carbocycles. The minimum atomic E-state index is -0.761. The minimum Gasteiger partial charge on any atom is -0.344 e. The number of nitrogens with one attached hydrogen (secondary N) is 6. The van der Waals surface area contributed by atoms with Crippen molar-refractivity contribution in [1.82, 2.24) is 16.0 Å². The molecule has 0 saturated carbocycles. The maximum Gasteiger partial charge on any atom is 0.246 e. The van der Waals surface area contributed by atoms with Crippen LogP contribution in [0.5, 0.6) is 0 Å². The maximum atomic E-state index is 13.4. The second-order valence-electron chi connectivity index (χ2n) is 15.6. The number of unbranched alkanes of at least 4 members (excludes halogenated alkanes) is 3. The summed E-state index contributed by atoms with van der Waals surface area (Å²) in [5, 5.41) is 17.1. The number of rotatable bonds is 30. The summed E-state index contributed by atoms with van der Waals surface area (Å²) < 4.78 is 0. The van der Waals surface area contributed by atoms with Crippen molar-refractivity contribution in [2.24, 2.45) is 34.4 Å². The van der Waals surface area contributed by atoms with E-state index in [9.17, 15) is 28.8 Å². The largest absolute Gasteiger partial charge is 0.344 e. The Kier molecular flexibility index (Phi) is 26.9. The average Bonchev–Trinajstić information content (AvgIpc) is 3.27. The molecule has 0 aliphatic carbocycles. The topological polar surface area (TPSA) is 331 Å². The van der Waals surface area contributed by atoms with Gasteiger partial charge < -0.3 is 66.3 Å². The molecule has 6 amide bonds. The summed E-state index contributed by atoms with van der Waals surface area (Å²) in [6.07, 6.45) is 5.66. The Hall–Kier alpha value is -5.47. The van der Waals surface area contributed by atoms with Gasteiger partial charge in [-0.25, -0.2) is 0 Å². The van der Waals surface area contributed by atoms with E-state index in [1.807, 2.05) is 36.4 Å². The molecule has 0 saturated heterocycles. The summed E-state index contributed by atoms with van der Waals surface area (Å²) >= 11 is 0. The van der Waals surface area contributed by atoms with Crippen molar-refractivity contribution in [3.05, 3.63) is 89.5 Å². The van der Waals surface area contributed by atoms with Crippen LogP contribution in [0.3, 0.4) is 0 Å². The second-order valence-corrected chi connectivity index (χ2v) is 15.6. The number of carbonyl (C=O) groups is 6. The van der Waals surface area contributed by atoms with Crippen LogP contribution in [0.25, 0.3) is 0 Å². The van der Waals surface area contributed by atoms with Crippen LogP contribution in [0.2, 0.25) is 0 Å². The summed E-state index contributed by atoms with van der Waals surface area (Å²) in [5.74, 6) is -2.35. The van der Waals surface area contributed by atoms with Crippen LogP contribution < -0.4 is 66.3 Å². The van der Waals surface area contributed by atoms with Gasteiger partial charge in [0.15, 0.2) is 0 Å². The lowest BCUT2D eigenvalue weighted by Crippen LogP contribution is -2.44. The summed E-state index contributed by atoms with van der Waals surface area (Å²) in [5.41, 5.74) is 37.9. The van der Waals surface area contributed by atoms with Gasteiger partial charge in [0.2, 0.25) is 35.4 Å². The summed E-state index contributed by atoms with van der Waals surface area (Å²) in [6.45, 7) is 1.91. The quantitative estimate of drug-likeness (QED) is 0.0338. The number of carbonyl (C=O) groups excluding carboxylic acids is 6. The Morgan fingerprint density at radius 1 is 0.369 bits per heavy atom. The smallest absolute Gasteiger partial charge is 0.246 e. The monoisotopic (exact) mass is 923 g/mol. The van der Waals surface area contributed by atoms with Gasteiger partial charge >= 0.3 is 0 Å². The van der Waals surface area contributed by atoms with E-state index in [4.69, 9.17) is 34.4 Å². The van der Waals surface area contributed by atoms with Gasteiger partial charge in [-0.05, 0) is 131 Å². The zero-order chi connectivity index (χ0) is 46.7. The Morgan fingerprint density at radius 3 is 0.831 bits per heavy atom. The lowest BCUT2D eigenvalue weighted by atomic mass is 9.85. The Labute approximate surface area is 388 Å². The Bertz CT molecular complexity index is 1690. The molecule has 0 spiro atoms. The van der Waals surface area contributed by atoms with Gasteiger partial charge in [-0.1, -0.05) is 36.4 Å². The van der Waals surface area contributed by atoms with Gasteiger partial charge in [-0.15, -0.1) is 12.4 Å². The van der Waals surface area contributed by atoms with Crippen LogP contribution in [0.4, 0.5) is 17.1 Å². The first-order valence-electron chi connectivity index (χ1n) is 22.3. The van der Waals surface area contributed by atoms with E-state index in [0.29, 0.717) is 94.5 Å². The van der Waals surface area contributed by atoms with Gasteiger partial charge in [0, 0.05) is 61.9 Å². The van der Waals surface area contributed by atoms with Gasteiger partial charge in [-0.2, -0.15) is 0 Å². The van der Waals surface area contributed by atoms with Crippen LogP contribution in [-0.4, -0.2) is 92.8 Å². The molecule has 3 rings (SSSR count). The summed E-state index contributed by atoms with van der Waals surface area (Å²) in [6, 6.07) is 19.8. The molecule has 65 heavy (non-hydrogen) atoms. The number of anilines is 3.